The number of carbonyl (C=O) groups excluding carboxylic acids is 1. The molecule has 0 atom stereocenters. The van der Waals surface area contributed by atoms with E-state index in [0.29, 0.717) is 13.0 Å². The molecule has 0 bridgehead atoms. The van der Waals surface area contributed by atoms with Gasteiger partial charge in [0.2, 0.25) is 0 Å². The van der Waals surface area contributed by atoms with Crippen LogP contribution in [-0.4, -0.2) is 37.6 Å². The summed E-state index contributed by atoms with van der Waals surface area (Å²) in [7, 11) is 1.34. The Hall–Kier alpha value is -2.18. The summed E-state index contributed by atoms with van der Waals surface area (Å²) in [5.41, 5.74) is 1.04. The summed E-state index contributed by atoms with van der Waals surface area (Å²) in [6, 6.07) is 0. The van der Waals surface area contributed by atoms with Crippen LogP contribution >= 0.6 is 0 Å². The number of methoxy groups -OCH3 is 1. The number of carbonyl (C=O) groups is 1. The van der Waals surface area contributed by atoms with E-state index >= 15 is 0 Å². The van der Waals surface area contributed by atoms with Crippen LogP contribution in [0.5, 0.6) is 0 Å². The number of aromatic nitrogens is 5. The Kier molecular flexibility index (Phi) is 3.94. The van der Waals surface area contributed by atoms with Gasteiger partial charge in [-0.1, -0.05) is 12.1 Å². The highest BCUT2D eigenvalue weighted by atomic mass is 16.5. The highest BCUT2D eigenvalue weighted by Crippen LogP contribution is 2.10. The van der Waals surface area contributed by atoms with E-state index in [1.807, 2.05) is 24.6 Å². The summed E-state index contributed by atoms with van der Waals surface area (Å²) in [5.74, 6) is 0.431. The maximum atomic E-state index is 11.6. The summed E-state index contributed by atoms with van der Waals surface area (Å²) in [6.45, 7) is 5.34. The number of nitrogens with zero attached hydrogens (tertiary/aromatic N) is 5. The molecule has 0 aliphatic heterocycles. The molecule has 2 heterocycles. The minimum atomic E-state index is -0.457. The maximum absolute atomic E-state index is 11.6. The lowest BCUT2D eigenvalue weighted by molar-refractivity contribution is 0.0592. The predicted octanol–water partition coefficient (Wildman–Crippen LogP) is 0.892. The molecule has 0 saturated heterocycles. The molecule has 7 nitrogen and oxygen atoms in total. The summed E-state index contributed by atoms with van der Waals surface area (Å²) in [4.78, 5) is 15.9. The third kappa shape index (κ3) is 2.49. The Morgan fingerprint density at radius 2 is 2.21 bits per heavy atom. The van der Waals surface area contributed by atoms with E-state index in [0.717, 1.165) is 18.1 Å². The van der Waals surface area contributed by atoms with Gasteiger partial charge >= 0.3 is 5.97 Å². The number of ether oxygens (including phenoxy) is 1. The average Bonchev–Trinajstić information content (AvgIpc) is 3.04. The van der Waals surface area contributed by atoms with Crippen molar-refractivity contribution in [3.05, 3.63) is 29.6 Å². The average molecular weight is 263 g/mol. The minimum absolute atomic E-state index is 0.277. The zero-order valence-corrected chi connectivity index (χ0v) is 11.3. The van der Waals surface area contributed by atoms with Crippen LogP contribution in [0.1, 0.15) is 35.9 Å². The van der Waals surface area contributed by atoms with E-state index in [2.05, 4.69) is 15.3 Å². The maximum Gasteiger partial charge on any atom is 0.360 e. The monoisotopic (exact) mass is 263 g/mol. The molecule has 0 amide bonds. The van der Waals surface area contributed by atoms with Crippen molar-refractivity contribution in [1.29, 1.82) is 0 Å². The van der Waals surface area contributed by atoms with Crippen molar-refractivity contribution in [3.8, 4) is 0 Å². The quantitative estimate of drug-likeness (QED) is 0.749. The van der Waals surface area contributed by atoms with Gasteiger partial charge < -0.3 is 9.30 Å². The lowest BCUT2D eigenvalue weighted by Gasteiger charge is -2.07. The van der Waals surface area contributed by atoms with Gasteiger partial charge in [0.1, 0.15) is 12.4 Å². The molecule has 0 saturated carbocycles. The van der Waals surface area contributed by atoms with Crippen LogP contribution in [0.4, 0.5) is 0 Å². The van der Waals surface area contributed by atoms with E-state index in [-0.39, 0.29) is 5.69 Å². The topological polar surface area (TPSA) is 74.8 Å². The molecule has 0 radical (unpaired) electrons. The van der Waals surface area contributed by atoms with Crippen LogP contribution in [0.15, 0.2) is 12.4 Å². The highest BCUT2D eigenvalue weighted by Gasteiger charge is 2.19. The first kappa shape index (κ1) is 13.3. The number of rotatable bonds is 5. The van der Waals surface area contributed by atoms with Gasteiger partial charge in [-0.3, -0.25) is 0 Å². The number of esters is 1. The van der Waals surface area contributed by atoms with E-state index in [1.54, 1.807) is 10.9 Å². The third-order valence-electron chi connectivity index (χ3n) is 2.98. The second kappa shape index (κ2) is 5.64. The van der Waals surface area contributed by atoms with E-state index < -0.39 is 5.97 Å². The molecule has 0 aromatic carbocycles. The van der Waals surface area contributed by atoms with Gasteiger partial charge in [-0.2, -0.15) is 0 Å². The molecule has 0 fully saturated rings. The molecule has 2 aromatic rings. The van der Waals surface area contributed by atoms with Crippen molar-refractivity contribution in [1.82, 2.24) is 24.5 Å². The molecule has 2 aromatic heterocycles. The Morgan fingerprint density at radius 3 is 2.84 bits per heavy atom. The van der Waals surface area contributed by atoms with Gasteiger partial charge in [0.25, 0.3) is 0 Å². The third-order valence-corrected chi connectivity index (χ3v) is 2.98. The first-order chi connectivity index (χ1) is 9.21. The number of aryl methyl sites for hydroxylation is 1. The molecule has 102 valence electrons. The second-order valence-electron chi connectivity index (χ2n) is 4.02. The zero-order chi connectivity index (χ0) is 13.8. The number of hydrogen-bond donors (Lipinski definition) is 0. The lowest BCUT2D eigenvalue weighted by Crippen LogP contribution is -2.13. The molecule has 2 rings (SSSR count). The predicted molar refractivity (Wildman–Crippen MR) is 67.7 cm³/mol. The van der Waals surface area contributed by atoms with Crippen molar-refractivity contribution in [2.75, 3.05) is 7.11 Å². The second-order valence-corrected chi connectivity index (χ2v) is 4.02. The van der Waals surface area contributed by atoms with Crippen LogP contribution in [0.3, 0.4) is 0 Å². The van der Waals surface area contributed by atoms with Crippen LogP contribution in [0.25, 0.3) is 0 Å². The largest absolute Gasteiger partial charge is 0.464 e. The molecule has 19 heavy (non-hydrogen) atoms. The normalized spacial score (nSPS) is 10.7. The SMILES string of the molecule is CCc1c(C(=O)OC)nnn1Cc1nccn1CC. The van der Waals surface area contributed by atoms with Crippen molar-refractivity contribution < 1.29 is 9.53 Å². The van der Waals surface area contributed by atoms with E-state index in [1.165, 1.54) is 7.11 Å². The van der Waals surface area contributed by atoms with Gasteiger partial charge in [0.15, 0.2) is 5.69 Å². The van der Waals surface area contributed by atoms with Gasteiger partial charge in [-0.05, 0) is 13.3 Å². The Morgan fingerprint density at radius 1 is 1.42 bits per heavy atom. The number of hydrogen-bond acceptors (Lipinski definition) is 5. The van der Waals surface area contributed by atoms with E-state index in [4.69, 9.17) is 4.74 Å². The fraction of sp³-hybridized carbons (Fsp3) is 0.500. The van der Waals surface area contributed by atoms with Gasteiger partial charge in [-0.25, -0.2) is 14.5 Å². The molecule has 0 aliphatic carbocycles. The molecular formula is C12H17N5O2. The number of imidazole rings is 1. The van der Waals surface area contributed by atoms with Gasteiger partial charge in [0, 0.05) is 18.9 Å². The van der Waals surface area contributed by atoms with Gasteiger partial charge in [0.05, 0.1) is 12.8 Å². The first-order valence-electron chi connectivity index (χ1n) is 6.21. The van der Waals surface area contributed by atoms with Crippen LogP contribution < -0.4 is 0 Å². The van der Waals surface area contributed by atoms with Crippen LogP contribution in [0, 0.1) is 0 Å². The van der Waals surface area contributed by atoms with Crippen LogP contribution in [0.2, 0.25) is 0 Å². The molecule has 0 spiro atoms. The summed E-state index contributed by atoms with van der Waals surface area (Å²) >= 11 is 0. The van der Waals surface area contributed by atoms with Crippen molar-refractivity contribution in [3.63, 3.8) is 0 Å². The Balaban J connectivity index is 2.31. The Bertz CT molecular complexity index is 572. The van der Waals surface area contributed by atoms with Crippen molar-refractivity contribution in [2.24, 2.45) is 0 Å². The fourth-order valence-corrected chi connectivity index (χ4v) is 1.98. The minimum Gasteiger partial charge on any atom is -0.464 e. The Labute approximate surface area is 111 Å². The van der Waals surface area contributed by atoms with Crippen molar-refractivity contribution >= 4 is 5.97 Å². The molecular weight excluding hydrogens is 246 g/mol. The van der Waals surface area contributed by atoms with Crippen LogP contribution in [-0.2, 0) is 24.2 Å². The van der Waals surface area contributed by atoms with E-state index in [9.17, 15) is 4.79 Å². The molecule has 0 N–H and O–H groups in total. The van der Waals surface area contributed by atoms with Gasteiger partial charge in [-0.15, -0.1) is 5.10 Å². The van der Waals surface area contributed by atoms with Crippen molar-refractivity contribution in [2.45, 2.75) is 33.4 Å². The zero-order valence-electron chi connectivity index (χ0n) is 11.3. The fourth-order valence-electron chi connectivity index (χ4n) is 1.98. The standard InChI is InChI=1S/C12H17N5O2/c1-4-9-11(12(18)19-3)14-15-17(9)8-10-13-6-7-16(10)5-2/h6-7H,4-5,8H2,1-3H3. The molecule has 7 heteroatoms. The lowest BCUT2D eigenvalue weighted by atomic mass is 10.2. The summed E-state index contributed by atoms with van der Waals surface area (Å²) in [5, 5.41) is 7.91. The highest BCUT2D eigenvalue weighted by molar-refractivity contribution is 5.88. The summed E-state index contributed by atoms with van der Waals surface area (Å²) < 4.78 is 8.42. The first-order valence-corrected chi connectivity index (χ1v) is 6.21. The molecule has 0 unspecified atom stereocenters. The summed E-state index contributed by atoms with van der Waals surface area (Å²) in [6.07, 6.45) is 4.33. The smallest absolute Gasteiger partial charge is 0.360 e. The molecule has 0 aliphatic rings.